The Hall–Kier alpha value is -4.77. The topological polar surface area (TPSA) is 122 Å². The standard InChI is InChI=1S/C38H43N5O5S/c1-24-11-9-12-25(2)35(24)32-20-33-40-37(39-32)41-49(46,47)30-15-10-14-28(19-30)36(45)43(29(23-48-33)21-38(4,5)6)22-34(44)42-18-17-27-13-7-8-16-31(27)26(42)3/h7-16,19-20,26,29H,17-18,21-23H2,1-6H3,(H,39,40,41)/t26?,29-/m1/s1. The van der Waals surface area contributed by atoms with Crippen LogP contribution in [0.2, 0.25) is 0 Å². The number of amides is 2. The van der Waals surface area contributed by atoms with Crippen LogP contribution in [-0.4, -0.2) is 65.7 Å². The maximum absolute atomic E-state index is 14.5. The number of fused-ring (bicyclic) bond motifs is 5. The molecule has 1 aromatic heterocycles. The molecule has 2 atom stereocenters. The number of nitrogens with one attached hydrogen (secondary N) is 1. The molecule has 0 aliphatic carbocycles. The van der Waals surface area contributed by atoms with Gasteiger partial charge in [0.1, 0.15) is 13.2 Å². The highest BCUT2D eigenvalue weighted by atomic mass is 32.2. The number of aryl methyl sites for hydroxylation is 2. The molecule has 0 radical (unpaired) electrons. The van der Waals surface area contributed by atoms with Crippen molar-refractivity contribution in [2.45, 2.75) is 71.4 Å². The molecule has 1 N–H and O–H groups in total. The van der Waals surface area contributed by atoms with Gasteiger partial charge >= 0.3 is 0 Å². The van der Waals surface area contributed by atoms with Crippen LogP contribution < -0.4 is 9.46 Å². The molecular weight excluding hydrogens is 639 g/mol. The second-order valence-electron chi connectivity index (χ2n) is 14.2. The van der Waals surface area contributed by atoms with E-state index in [4.69, 9.17) is 4.74 Å². The average molecular weight is 682 g/mol. The maximum Gasteiger partial charge on any atom is 0.264 e. The second kappa shape index (κ2) is 13.3. The molecule has 49 heavy (non-hydrogen) atoms. The highest BCUT2D eigenvalue weighted by Gasteiger charge is 2.35. The maximum atomic E-state index is 14.5. The molecule has 1 unspecified atom stereocenters. The first-order valence-electron chi connectivity index (χ1n) is 16.6. The lowest BCUT2D eigenvalue weighted by atomic mass is 9.87. The molecule has 4 bridgehead atoms. The van der Waals surface area contributed by atoms with Gasteiger partial charge in [0.2, 0.25) is 17.7 Å². The zero-order valence-corrected chi connectivity index (χ0v) is 29.7. The summed E-state index contributed by atoms with van der Waals surface area (Å²) in [7, 11) is -4.21. The summed E-state index contributed by atoms with van der Waals surface area (Å²) in [5.41, 5.74) is 5.46. The number of sulfonamides is 1. The number of carbonyl (C=O) groups excluding carboxylic acids is 2. The minimum absolute atomic E-state index is 0.0176. The van der Waals surface area contributed by atoms with E-state index in [1.165, 1.54) is 23.8 Å². The molecule has 11 heteroatoms. The van der Waals surface area contributed by atoms with E-state index in [9.17, 15) is 18.0 Å². The number of benzene rings is 3. The van der Waals surface area contributed by atoms with E-state index >= 15 is 0 Å². The van der Waals surface area contributed by atoms with E-state index in [1.807, 2.05) is 62.1 Å². The number of aromatic nitrogens is 2. The number of hydrogen-bond donors (Lipinski definition) is 1. The van der Waals surface area contributed by atoms with Gasteiger partial charge in [0.15, 0.2) is 0 Å². The van der Waals surface area contributed by atoms with Crippen molar-refractivity contribution in [1.82, 2.24) is 19.8 Å². The summed E-state index contributed by atoms with van der Waals surface area (Å²) in [4.78, 5) is 40.9. The van der Waals surface area contributed by atoms with Crippen molar-refractivity contribution >= 4 is 27.8 Å². The van der Waals surface area contributed by atoms with E-state index in [1.54, 1.807) is 17.0 Å². The Bertz CT molecular complexity index is 2000. The number of ether oxygens (including phenoxy) is 1. The second-order valence-corrected chi connectivity index (χ2v) is 15.9. The highest BCUT2D eigenvalue weighted by molar-refractivity contribution is 7.92. The van der Waals surface area contributed by atoms with Crippen molar-refractivity contribution < 1.29 is 22.7 Å². The van der Waals surface area contributed by atoms with Gasteiger partial charge in [0, 0.05) is 23.7 Å². The van der Waals surface area contributed by atoms with Crippen molar-refractivity contribution in [2.24, 2.45) is 5.41 Å². The molecule has 10 nitrogen and oxygen atoms in total. The van der Waals surface area contributed by atoms with Gasteiger partial charge in [0.25, 0.3) is 15.9 Å². The molecule has 3 aromatic carbocycles. The number of rotatable bonds is 4. The normalized spacial score (nSPS) is 19.0. The van der Waals surface area contributed by atoms with Crippen LogP contribution >= 0.6 is 0 Å². The zero-order chi connectivity index (χ0) is 35.1. The Labute approximate surface area is 288 Å². The summed E-state index contributed by atoms with van der Waals surface area (Å²) in [6.07, 6.45) is 1.22. The van der Waals surface area contributed by atoms with Gasteiger partial charge in [-0.25, -0.2) is 18.1 Å². The van der Waals surface area contributed by atoms with Gasteiger partial charge in [-0.1, -0.05) is 69.3 Å². The third-order valence-electron chi connectivity index (χ3n) is 9.25. The van der Waals surface area contributed by atoms with Crippen molar-refractivity contribution in [1.29, 1.82) is 0 Å². The molecule has 0 spiro atoms. The molecule has 2 aliphatic heterocycles. The quantitative estimate of drug-likeness (QED) is 0.267. The predicted molar refractivity (Wildman–Crippen MR) is 189 cm³/mol. The van der Waals surface area contributed by atoms with Crippen LogP contribution in [0.25, 0.3) is 11.3 Å². The Morgan fingerprint density at radius 1 is 0.980 bits per heavy atom. The number of hydrogen-bond acceptors (Lipinski definition) is 7. The lowest BCUT2D eigenvalue weighted by molar-refractivity contribution is -0.135. The van der Waals surface area contributed by atoms with Gasteiger partial charge in [-0.15, -0.1) is 0 Å². The average Bonchev–Trinajstić information content (AvgIpc) is 3.04. The van der Waals surface area contributed by atoms with E-state index in [0.29, 0.717) is 18.7 Å². The predicted octanol–water partition coefficient (Wildman–Crippen LogP) is 6.35. The Balaban J connectivity index is 1.44. The monoisotopic (exact) mass is 681 g/mol. The molecule has 2 aliphatic rings. The molecule has 0 saturated heterocycles. The van der Waals surface area contributed by atoms with Crippen LogP contribution in [0.1, 0.15) is 72.8 Å². The summed E-state index contributed by atoms with van der Waals surface area (Å²) >= 11 is 0. The lowest BCUT2D eigenvalue weighted by Gasteiger charge is -2.39. The molecule has 2 amide bonds. The third-order valence-corrected chi connectivity index (χ3v) is 10.6. The number of anilines is 1. The first-order chi connectivity index (χ1) is 23.2. The Morgan fingerprint density at radius 2 is 1.69 bits per heavy atom. The van der Waals surface area contributed by atoms with E-state index in [0.717, 1.165) is 28.7 Å². The first-order valence-corrected chi connectivity index (χ1v) is 18.1. The minimum Gasteiger partial charge on any atom is -0.475 e. The number of carbonyl (C=O) groups is 2. The Kier molecular flexibility index (Phi) is 9.23. The molecule has 256 valence electrons. The van der Waals surface area contributed by atoms with Crippen LogP contribution in [0, 0.1) is 19.3 Å². The molecule has 3 heterocycles. The molecule has 0 fully saturated rings. The lowest BCUT2D eigenvalue weighted by Crippen LogP contribution is -2.51. The minimum atomic E-state index is -4.21. The summed E-state index contributed by atoms with van der Waals surface area (Å²) < 4.78 is 36.3. The SMILES string of the molecule is Cc1cccc(C)c1-c1cc2nc(n1)NS(=O)(=O)c1cccc(c1)C(=O)N(CC(=O)N1CCc3ccccc3C1C)[C@H](CC(C)(C)C)CO2. The van der Waals surface area contributed by atoms with Gasteiger partial charge < -0.3 is 14.5 Å². The van der Waals surface area contributed by atoms with Crippen molar-refractivity contribution in [3.8, 4) is 17.1 Å². The van der Waals surface area contributed by atoms with Gasteiger partial charge in [0.05, 0.1) is 22.7 Å². The van der Waals surface area contributed by atoms with Gasteiger partial charge in [-0.05, 0) is 79.5 Å². The molecular formula is C38H43N5O5S. The van der Waals surface area contributed by atoms with Gasteiger partial charge in [-0.3, -0.25) is 9.59 Å². The summed E-state index contributed by atoms with van der Waals surface area (Å²) in [6, 6.07) is 20.8. The highest BCUT2D eigenvalue weighted by Crippen LogP contribution is 2.33. The van der Waals surface area contributed by atoms with Crippen LogP contribution in [0.5, 0.6) is 5.88 Å². The zero-order valence-electron chi connectivity index (χ0n) is 28.9. The summed E-state index contributed by atoms with van der Waals surface area (Å²) in [5.74, 6) is -0.646. The first kappa shape index (κ1) is 34.1. The van der Waals surface area contributed by atoms with E-state index < -0.39 is 22.0 Å². The van der Waals surface area contributed by atoms with Crippen molar-refractivity contribution in [3.05, 3.63) is 101 Å². The van der Waals surface area contributed by atoms with E-state index in [-0.39, 0.29) is 52.8 Å². The van der Waals surface area contributed by atoms with Crippen LogP contribution in [0.15, 0.2) is 77.7 Å². The van der Waals surface area contributed by atoms with Crippen LogP contribution in [-0.2, 0) is 21.2 Å². The smallest absolute Gasteiger partial charge is 0.264 e. The van der Waals surface area contributed by atoms with Crippen molar-refractivity contribution in [3.63, 3.8) is 0 Å². The van der Waals surface area contributed by atoms with Crippen molar-refractivity contribution in [2.75, 3.05) is 24.4 Å². The van der Waals surface area contributed by atoms with E-state index in [2.05, 4.69) is 41.5 Å². The number of nitrogens with zero attached hydrogens (tertiary/aromatic N) is 4. The van der Waals surface area contributed by atoms with Gasteiger partial charge in [-0.2, -0.15) is 4.98 Å². The fourth-order valence-corrected chi connectivity index (χ4v) is 7.89. The summed E-state index contributed by atoms with van der Waals surface area (Å²) in [6.45, 7) is 12.5. The molecule has 6 rings (SSSR count). The fourth-order valence-electron chi connectivity index (χ4n) is 6.90. The Morgan fingerprint density at radius 3 is 2.43 bits per heavy atom. The largest absolute Gasteiger partial charge is 0.475 e. The van der Waals surface area contributed by atoms with Crippen LogP contribution in [0.3, 0.4) is 0 Å². The summed E-state index contributed by atoms with van der Waals surface area (Å²) in [5, 5.41) is 0. The fraction of sp³-hybridized carbons (Fsp3) is 0.368. The molecule has 0 saturated carbocycles. The third kappa shape index (κ3) is 7.32. The molecule has 4 aromatic rings. The van der Waals surface area contributed by atoms with Crippen LogP contribution in [0.4, 0.5) is 5.95 Å².